The first-order valence-electron chi connectivity index (χ1n) is 8.18. The molecule has 1 saturated heterocycles. The zero-order chi connectivity index (χ0) is 17.2. The monoisotopic (exact) mass is 371 g/mol. The number of nitrogens with zero attached hydrogens (tertiary/aromatic N) is 3. The summed E-state index contributed by atoms with van der Waals surface area (Å²) in [6, 6.07) is 7.58. The predicted octanol–water partition coefficient (Wildman–Crippen LogP) is 3.35. The van der Waals surface area contributed by atoms with Crippen LogP contribution in [0.2, 0.25) is 0 Å². The molecule has 0 aromatic carbocycles. The third-order valence-electron chi connectivity index (χ3n) is 4.33. The van der Waals surface area contributed by atoms with E-state index in [1.54, 1.807) is 47.2 Å². The van der Waals surface area contributed by atoms with Gasteiger partial charge in [-0.1, -0.05) is 0 Å². The van der Waals surface area contributed by atoms with Crippen LogP contribution in [0, 0.1) is 0 Å². The van der Waals surface area contributed by atoms with Crippen LogP contribution >= 0.6 is 22.7 Å². The fourth-order valence-electron chi connectivity index (χ4n) is 3.02. The van der Waals surface area contributed by atoms with Gasteiger partial charge in [0.25, 0.3) is 11.8 Å². The van der Waals surface area contributed by atoms with Crippen molar-refractivity contribution >= 4 is 43.9 Å². The van der Waals surface area contributed by atoms with Crippen molar-refractivity contribution in [1.29, 1.82) is 0 Å². The van der Waals surface area contributed by atoms with Crippen LogP contribution in [0.5, 0.6) is 0 Å². The highest BCUT2D eigenvalue weighted by Gasteiger charge is 2.24. The molecular weight excluding hydrogens is 354 g/mol. The van der Waals surface area contributed by atoms with E-state index in [-0.39, 0.29) is 11.8 Å². The van der Waals surface area contributed by atoms with Crippen molar-refractivity contribution in [2.24, 2.45) is 0 Å². The number of fused-ring (bicyclic) bond motifs is 1. The van der Waals surface area contributed by atoms with Crippen LogP contribution in [0.1, 0.15) is 26.5 Å². The lowest BCUT2D eigenvalue weighted by molar-refractivity contribution is 0.0721. The molecule has 0 radical (unpaired) electrons. The lowest BCUT2D eigenvalue weighted by Gasteiger charge is -2.21. The average molecular weight is 371 g/mol. The Kier molecular flexibility index (Phi) is 4.50. The molecule has 0 spiro atoms. The number of thiophene rings is 2. The number of hydrogen-bond donors (Lipinski definition) is 0. The van der Waals surface area contributed by atoms with Gasteiger partial charge in [-0.15, -0.1) is 22.7 Å². The van der Waals surface area contributed by atoms with Crippen molar-refractivity contribution in [1.82, 2.24) is 14.8 Å². The van der Waals surface area contributed by atoms with E-state index in [0.29, 0.717) is 31.7 Å². The molecule has 3 aromatic rings. The zero-order valence-corrected chi connectivity index (χ0v) is 15.2. The Labute approximate surface area is 153 Å². The molecule has 7 heteroatoms. The topological polar surface area (TPSA) is 53.5 Å². The van der Waals surface area contributed by atoms with E-state index in [1.807, 2.05) is 21.2 Å². The Balaban J connectivity index is 1.45. The first-order chi connectivity index (χ1) is 12.2. The highest BCUT2D eigenvalue weighted by molar-refractivity contribution is 7.27. The number of carbonyl (C=O) groups is 2. The van der Waals surface area contributed by atoms with E-state index in [4.69, 9.17) is 0 Å². The van der Waals surface area contributed by atoms with Crippen molar-refractivity contribution in [3.8, 4) is 0 Å². The summed E-state index contributed by atoms with van der Waals surface area (Å²) < 4.78 is 2.33. The molecule has 1 fully saturated rings. The maximum absolute atomic E-state index is 12.8. The van der Waals surface area contributed by atoms with Crippen LogP contribution < -0.4 is 0 Å². The van der Waals surface area contributed by atoms with Crippen molar-refractivity contribution in [2.75, 3.05) is 26.2 Å². The summed E-state index contributed by atoms with van der Waals surface area (Å²) in [5.41, 5.74) is 0.598. The molecule has 0 unspecified atom stereocenters. The highest BCUT2D eigenvalue weighted by atomic mass is 32.1. The molecule has 0 bridgehead atoms. The second kappa shape index (κ2) is 6.93. The number of rotatable bonds is 2. The van der Waals surface area contributed by atoms with Crippen molar-refractivity contribution < 1.29 is 9.59 Å². The van der Waals surface area contributed by atoms with Crippen LogP contribution in [0.25, 0.3) is 9.40 Å². The Morgan fingerprint density at radius 3 is 2.52 bits per heavy atom. The van der Waals surface area contributed by atoms with Crippen LogP contribution in [0.4, 0.5) is 0 Å². The maximum Gasteiger partial charge on any atom is 0.264 e. The summed E-state index contributed by atoms with van der Waals surface area (Å²) in [5.74, 6) is 0.0584. The van der Waals surface area contributed by atoms with Gasteiger partial charge in [0.05, 0.1) is 10.4 Å². The molecule has 0 atom stereocenters. The molecule has 4 heterocycles. The summed E-state index contributed by atoms with van der Waals surface area (Å²) in [6.45, 7) is 2.47. The number of aromatic nitrogens is 1. The number of carbonyl (C=O) groups excluding carboxylic acids is 2. The fraction of sp³-hybridized carbons (Fsp3) is 0.278. The Bertz CT molecular complexity index is 875. The molecule has 3 aromatic heterocycles. The quantitative estimate of drug-likeness (QED) is 0.694. The molecule has 0 aliphatic carbocycles. The number of amides is 2. The molecule has 0 saturated carbocycles. The first kappa shape index (κ1) is 16.2. The second-order valence-corrected chi connectivity index (χ2v) is 7.97. The van der Waals surface area contributed by atoms with Gasteiger partial charge >= 0.3 is 0 Å². The molecular formula is C18H17N3O2S2. The molecule has 5 nitrogen and oxygen atoms in total. The van der Waals surface area contributed by atoms with Crippen molar-refractivity contribution in [3.05, 3.63) is 52.5 Å². The van der Waals surface area contributed by atoms with E-state index in [9.17, 15) is 9.59 Å². The minimum atomic E-state index is -0.0148. The van der Waals surface area contributed by atoms with Gasteiger partial charge in [0, 0.05) is 48.0 Å². The molecule has 4 rings (SSSR count). The molecule has 0 N–H and O–H groups in total. The fourth-order valence-corrected chi connectivity index (χ4v) is 5.10. The van der Waals surface area contributed by atoms with Crippen LogP contribution in [-0.2, 0) is 0 Å². The smallest absolute Gasteiger partial charge is 0.264 e. The van der Waals surface area contributed by atoms with Gasteiger partial charge in [-0.25, -0.2) is 0 Å². The van der Waals surface area contributed by atoms with Crippen LogP contribution in [-0.4, -0.2) is 52.8 Å². The SMILES string of the molecule is O=C(c1cccnc1)N1CCCN(C(=O)c2cc3sccc3s2)CC1. The van der Waals surface area contributed by atoms with Gasteiger partial charge in [-0.3, -0.25) is 14.6 Å². The third kappa shape index (κ3) is 3.29. The summed E-state index contributed by atoms with van der Waals surface area (Å²) in [4.78, 5) is 33.8. The second-order valence-electron chi connectivity index (χ2n) is 5.94. The normalized spacial score (nSPS) is 15.4. The van der Waals surface area contributed by atoms with Gasteiger partial charge < -0.3 is 9.80 Å². The standard InChI is InChI=1S/C18H17N3O2S2/c22-17(13-3-1-5-19-12-13)20-6-2-7-21(9-8-20)18(23)16-11-15-14(25-16)4-10-24-15/h1,3-5,10-12H,2,6-9H2. The third-order valence-corrected chi connectivity index (χ3v) is 6.41. The minimum absolute atomic E-state index is 0.0148. The van der Waals surface area contributed by atoms with Gasteiger partial charge in [0.1, 0.15) is 0 Å². The highest BCUT2D eigenvalue weighted by Crippen LogP contribution is 2.30. The van der Waals surface area contributed by atoms with Gasteiger partial charge in [-0.2, -0.15) is 0 Å². The van der Waals surface area contributed by atoms with Gasteiger partial charge in [-0.05, 0) is 36.1 Å². The van der Waals surface area contributed by atoms with E-state index in [0.717, 1.165) is 20.7 Å². The number of hydrogen-bond acceptors (Lipinski definition) is 5. The summed E-state index contributed by atoms with van der Waals surface area (Å²) in [7, 11) is 0. The van der Waals surface area contributed by atoms with E-state index < -0.39 is 0 Å². The van der Waals surface area contributed by atoms with E-state index in [1.165, 1.54) is 0 Å². The van der Waals surface area contributed by atoms with Gasteiger partial charge in [0.2, 0.25) is 0 Å². The lowest BCUT2D eigenvalue weighted by Crippen LogP contribution is -2.37. The van der Waals surface area contributed by atoms with Crippen LogP contribution in [0.3, 0.4) is 0 Å². The van der Waals surface area contributed by atoms with Gasteiger partial charge in [0.15, 0.2) is 0 Å². The molecule has 25 heavy (non-hydrogen) atoms. The lowest BCUT2D eigenvalue weighted by atomic mass is 10.2. The first-order valence-corrected chi connectivity index (χ1v) is 9.87. The van der Waals surface area contributed by atoms with Crippen LogP contribution in [0.15, 0.2) is 42.0 Å². The molecule has 2 amide bonds. The summed E-state index contributed by atoms with van der Waals surface area (Å²) in [6.07, 6.45) is 4.04. The maximum atomic E-state index is 12.8. The van der Waals surface area contributed by atoms with Crippen molar-refractivity contribution in [2.45, 2.75) is 6.42 Å². The Morgan fingerprint density at radius 1 is 1.00 bits per heavy atom. The minimum Gasteiger partial charge on any atom is -0.337 e. The summed E-state index contributed by atoms with van der Waals surface area (Å²) >= 11 is 3.21. The molecule has 1 aliphatic rings. The largest absolute Gasteiger partial charge is 0.337 e. The zero-order valence-electron chi connectivity index (χ0n) is 13.6. The Morgan fingerprint density at radius 2 is 1.80 bits per heavy atom. The van der Waals surface area contributed by atoms with Crippen molar-refractivity contribution in [3.63, 3.8) is 0 Å². The average Bonchev–Trinajstić information content (AvgIpc) is 3.15. The van der Waals surface area contributed by atoms with E-state index in [2.05, 4.69) is 11.1 Å². The summed E-state index contributed by atoms with van der Waals surface area (Å²) in [5, 5.41) is 2.04. The predicted molar refractivity (Wildman–Crippen MR) is 100 cm³/mol. The molecule has 128 valence electrons. The molecule has 1 aliphatic heterocycles. The van der Waals surface area contributed by atoms with E-state index >= 15 is 0 Å². The number of pyridine rings is 1. The Hall–Kier alpha value is -2.25.